The first-order chi connectivity index (χ1) is 10.1. The van der Waals surface area contributed by atoms with Crippen LogP contribution in [0.3, 0.4) is 0 Å². The Hall–Kier alpha value is -1.49. The lowest BCUT2D eigenvalue weighted by Gasteiger charge is -2.29. The predicted octanol–water partition coefficient (Wildman–Crippen LogP) is 2.85. The lowest BCUT2D eigenvalue weighted by Crippen LogP contribution is -2.45. The molecule has 0 aliphatic heterocycles. The fraction of sp³-hybridized carbons (Fsp3) is 0.500. The highest BCUT2D eigenvalue weighted by atomic mass is 32.2. The zero-order valence-electron chi connectivity index (χ0n) is 12.2. The van der Waals surface area contributed by atoms with Gasteiger partial charge >= 0.3 is 5.97 Å². The van der Waals surface area contributed by atoms with Crippen molar-refractivity contribution in [3.63, 3.8) is 0 Å². The Labute approximate surface area is 129 Å². The number of thioether (sulfide) groups is 1. The van der Waals surface area contributed by atoms with E-state index in [1.807, 2.05) is 31.2 Å². The van der Waals surface area contributed by atoms with E-state index < -0.39 is 11.9 Å². The Morgan fingerprint density at radius 2 is 2.00 bits per heavy atom. The second-order valence-electron chi connectivity index (χ2n) is 5.46. The van der Waals surface area contributed by atoms with Crippen molar-refractivity contribution in [1.29, 1.82) is 0 Å². The Bertz CT molecular complexity index is 518. The van der Waals surface area contributed by atoms with Crippen LogP contribution in [0.4, 0.5) is 0 Å². The first-order valence-electron chi connectivity index (χ1n) is 7.28. The molecule has 0 bridgehead atoms. The summed E-state index contributed by atoms with van der Waals surface area (Å²) in [6, 6.07) is 7.71. The highest BCUT2D eigenvalue weighted by Gasteiger charge is 2.31. The summed E-state index contributed by atoms with van der Waals surface area (Å²) in [5.41, 5.74) is 1.15. The summed E-state index contributed by atoms with van der Waals surface area (Å²) in [5.74, 6) is -0.993. The molecule has 1 amide bonds. The first kappa shape index (κ1) is 15.9. The number of carbonyl (C=O) groups is 2. The van der Waals surface area contributed by atoms with E-state index in [1.54, 1.807) is 0 Å². The lowest BCUT2D eigenvalue weighted by atomic mass is 9.84. The summed E-state index contributed by atoms with van der Waals surface area (Å²) in [6.45, 7) is 2.02. The van der Waals surface area contributed by atoms with Crippen LogP contribution < -0.4 is 5.32 Å². The number of nitrogens with one attached hydrogen (secondary N) is 1. The number of hydrogen-bond donors (Lipinski definition) is 2. The van der Waals surface area contributed by atoms with Crippen LogP contribution in [0.15, 0.2) is 29.2 Å². The van der Waals surface area contributed by atoms with E-state index in [2.05, 4.69) is 5.32 Å². The van der Waals surface area contributed by atoms with Gasteiger partial charge in [0.15, 0.2) is 0 Å². The number of carboxylic acids is 1. The average Bonchev–Trinajstić information content (AvgIpc) is 2.47. The van der Waals surface area contributed by atoms with Gasteiger partial charge in [-0.1, -0.05) is 31.0 Å². The Morgan fingerprint density at radius 3 is 2.71 bits per heavy atom. The van der Waals surface area contributed by atoms with Gasteiger partial charge < -0.3 is 10.4 Å². The number of rotatable bonds is 5. The summed E-state index contributed by atoms with van der Waals surface area (Å²) in [6.07, 6.45) is 3.34. The monoisotopic (exact) mass is 307 g/mol. The van der Waals surface area contributed by atoms with Gasteiger partial charge in [-0.05, 0) is 31.4 Å². The van der Waals surface area contributed by atoms with Crippen LogP contribution in [-0.4, -0.2) is 28.8 Å². The van der Waals surface area contributed by atoms with Crippen LogP contribution in [-0.2, 0) is 9.59 Å². The SMILES string of the molecule is Cc1ccccc1SCC(=O)NC1CCCCC1C(=O)O. The van der Waals surface area contributed by atoms with E-state index in [-0.39, 0.29) is 11.9 Å². The number of amides is 1. The highest BCUT2D eigenvalue weighted by Crippen LogP contribution is 2.25. The van der Waals surface area contributed by atoms with Gasteiger partial charge in [0.1, 0.15) is 0 Å². The van der Waals surface area contributed by atoms with Crippen LogP contribution >= 0.6 is 11.8 Å². The summed E-state index contributed by atoms with van der Waals surface area (Å²) in [5, 5.41) is 12.1. The second-order valence-corrected chi connectivity index (χ2v) is 6.47. The molecule has 0 aromatic heterocycles. The number of aliphatic carboxylic acids is 1. The molecule has 0 saturated heterocycles. The van der Waals surface area contributed by atoms with Crippen molar-refractivity contribution >= 4 is 23.6 Å². The van der Waals surface area contributed by atoms with Crippen molar-refractivity contribution in [3.8, 4) is 0 Å². The Morgan fingerprint density at radius 1 is 1.29 bits per heavy atom. The van der Waals surface area contributed by atoms with Gasteiger partial charge in [-0.2, -0.15) is 0 Å². The highest BCUT2D eigenvalue weighted by molar-refractivity contribution is 8.00. The summed E-state index contributed by atoms with van der Waals surface area (Å²) in [7, 11) is 0. The summed E-state index contributed by atoms with van der Waals surface area (Å²) in [4.78, 5) is 24.3. The maximum Gasteiger partial charge on any atom is 0.308 e. The molecule has 1 fully saturated rings. The van der Waals surface area contributed by atoms with Crippen molar-refractivity contribution in [2.45, 2.75) is 43.5 Å². The minimum Gasteiger partial charge on any atom is -0.481 e. The zero-order valence-corrected chi connectivity index (χ0v) is 13.0. The van der Waals surface area contributed by atoms with Crippen LogP contribution in [0.25, 0.3) is 0 Å². The van der Waals surface area contributed by atoms with E-state index >= 15 is 0 Å². The van der Waals surface area contributed by atoms with Crippen LogP contribution in [0.1, 0.15) is 31.2 Å². The van der Waals surface area contributed by atoms with Crippen molar-refractivity contribution in [2.75, 3.05) is 5.75 Å². The van der Waals surface area contributed by atoms with E-state index in [0.29, 0.717) is 12.2 Å². The molecular weight excluding hydrogens is 286 g/mol. The molecule has 21 heavy (non-hydrogen) atoms. The van der Waals surface area contributed by atoms with E-state index in [1.165, 1.54) is 11.8 Å². The van der Waals surface area contributed by atoms with Gasteiger partial charge in [0.25, 0.3) is 0 Å². The zero-order chi connectivity index (χ0) is 15.2. The number of carbonyl (C=O) groups excluding carboxylic acids is 1. The molecule has 1 saturated carbocycles. The minimum absolute atomic E-state index is 0.0820. The Balaban J connectivity index is 1.86. The molecule has 0 spiro atoms. The third-order valence-electron chi connectivity index (χ3n) is 3.88. The molecule has 1 aromatic carbocycles. The molecule has 5 heteroatoms. The summed E-state index contributed by atoms with van der Waals surface area (Å²) < 4.78 is 0. The molecule has 2 N–H and O–H groups in total. The van der Waals surface area contributed by atoms with E-state index in [9.17, 15) is 14.7 Å². The molecule has 114 valence electrons. The van der Waals surface area contributed by atoms with Crippen molar-refractivity contribution < 1.29 is 14.7 Å². The van der Waals surface area contributed by atoms with Gasteiger partial charge in [-0.3, -0.25) is 9.59 Å². The second kappa shape index (κ2) is 7.50. The fourth-order valence-corrected chi connectivity index (χ4v) is 3.55. The average molecular weight is 307 g/mol. The number of aryl methyl sites for hydroxylation is 1. The van der Waals surface area contributed by atoms with Crippen molar-refractivity contribution in [3.05, 3.63) is 29.8 Å². The number of carboxylic acid groups (broad SMARTS) is 1. The molecule has 2 rings (SSSR count). The molecule has 1 aliphatic rings. The number of hydrogen-bond acceptors (Lipinski definition) is 3. The largest absolute Gasteiger partial charge is 0.481 e. The third kappa shape index (κ3) is 4.49. The first-order valence-corrected chi connectivity index (χ1v) is 8.27. The maximum atomic E-state index is 12.0. The van der Waals surface area contributed by atoms with E-state index in [0.717, 1.165) is 29.7 Å². The van der Waals surface area contributed by atoms with Gasteiger partial charge in [0.05, 0.1) is 11.7 Å². The van der Waals surface area contributed by atoms with Gasteiger partial charge in [-0.15, -0.1) is 11.8 Å². The van der Waals surface area contributed by atoms with Crippen LogP contribution in [0, 0.1) is 12.8 Å². The van der Waals surface area contributed by atoms with E-state index in [4.69, 9.17) is 0 Å². The van der Waals surface area contributed by atoms with Gasteiger partial charge in [-0.25, -0.2) is 0 Å². The molecule has 2 atom stereocenters. The molecule has 4 nitrogen and oxygen atoms in total. The predicted molar refractivity (Wildman–Crippen MR) is 83.4 cm³/mol. The smallest absolute Gasteiger partial charge is 0.308 e. The minimum atomic E-state index is -0.799. The van der Waals surface area contributed by atoms with Crippen LogP contribution in [0.5, 0.6) is 0 Å². The molecule has 0 heterocycles. The molecule has 1 aromatic rings. The van der Waals surface area contributed by atoms with Gasteiger partial charge in [0.2, 0.25) is 5.91 Å². The number of benzene rings is 1. The fourth-order valence-electron chi connectivity index (χ4n) is 2.71. The molecular formula is C16H21NO3S. The van der Waals surface area contributed by atoms with Crippen molar-refractivity contribution in [1.82, 2.24) is 5.32 Å². The summed E-state index contributed by atoms with van der Waals surface area (Å²) >= 11 is 1.49. The van der Waals surface area contributed by atoms with Crippen molar-refractivity contribution in [2.24, 2.45) is 5.92 Å². The van der Waals surface area contributed by atoms with Crippen LogP contribution in [0.2, 0.25) is 0 Å². The molecule has 1 aliphatic carbocycles. The maximum absolute atomic E-state index is 12.0. The lowest BCUT2D eigenvalue weighted by molar-refractivity contribution is -0.144. The Kier molecular flexibility index (Phi) is 5.67. The van der Waals surface area contributed by atoms with Gasteiger partial charge in [0, 0.05) is 10.9 Å². The third-order valence-corrected chi connectivity index (χ3v) is 5.06. The quantitative estimate of drug-likeness (QED) is 0.821. The normalized spacial score (nSPS) is 21.8. The molecule has 2 unspecified atom stereocenters. The topological polar surface area (TPSA) is 66.4 Å². The molecule has 0 radical (unpaired) electrons. The standard InChI is InChI=1S/C16H21NO3S/c1-11-6-2-5-9-14(11)21-10-15(18)17-13-8-4-3-7-12(13)16(19)20/h2,5-6,9,12-13H,3-4,7-8,10H2,1H3,(H,17,18)(H,19,20).